The van der Waals surface area contributed by atoms with E-state index in [1.54, 1.807) is 36.0 Å². The second kappa shape index (κ2) is 9.31. The molecule has 0 spiro atoms. The number of piperazine rings is 1. The number of carbonyl (C=O) groups is 1. The summed E-state index contributed by atoms with van der Waals surface area (Å²) >= 11 is 0. The van der Waals surface area contributed by atoms with Crippen LogP contribution in [0, 0.1) is 5.92 Å². The molecule has 5 rings (SSSR count). The number of rotatable bonds is 5. The highest BCUT2D eigenvalue weighted by atomic mass is 19.4. The lowest BCUT2D eigenvalue weighted by Gasteiger charge is -2.35. The standard InChI is InChI=1S/C26H30F3N5O2/c1-16(19-13-25(35)30-14-19)36-24-12-18(11-22-20(24)15-33(3)31-22)17-4-5-23(21(10-17)26(27,28)29)34-8-6-32(2)7-9-34/h4-5,10-12,15-16,19H,6-9,13-14H2,1-3H3,(H,30,35)/t16?,19-/m1/s1. The summed E-state index contributed by atoms with van der Waals surface area (Å²) in [5.74, 6) is 0.558. The van der Waals surface area contributed by atoms with Crippen molar-refractivity contribution in [2.45, 2.75) is 25.6 Å². The van der Waals surface area contributed by atoms with Gasteiger partial charge in [-0.1, -0.05) is 6.07 Å². The molecule has 7 nitrogen and oxygen atoms in total. The topological polar surface area (TPSA) is 62.6 Å². The van der Waals surface area contributed by atoms with Gasteiger partial charge in [0.25, 0.3) is 0 Å². The molecule has 36 heavy (non-hydrogen) atoms. The minimum atomic E-state index is -4.49. The molecule has 2 fully saturated rings. The summed E-state index contributed by atoms with van der Waals surface area (Å²) in [5.41, 5.74) is 1.25. The summed E-state index contributed by atoms with van der Waals surface area (Å²) in [7, 11) is 3.76. The van der Waals surface area contributed by atoms with Crippen LogP contribution in [0.3, 0.4) is 0 Å². The number of carbonyl (C=O) groups excluding carboxylic acids is 1. The van der Waals surface area contributed by atoms with E-state index in [2.05, 4.69) is 15.3 Å². The molecular formula is C26H30F3N5O2. The summed E-state index contributed by atoms with van der Waals surface area (Å²) in [6.45, 7) is 4.98. The molecular weight excluding hydrogens is 471 g/mol. The molecule has 0 aliphatic carbocycles. The van der Waals surface area contributed by atoms with Gasteiger partial charge in [-0.15, -0.1) is 0 Å². The zero-order valence-corrected chi connectivity index (χ0v) is 20.6. The number of hydrogen-bond donors (Lipinski definition) is 1. The number of fused-ring (bicyclic) bond motifs is 1. The number of ether oxygens (including phenoxy) is 1. The second-order valence-electron chi connectivity index (χ2n) is 9.82. The monoisotopic (exact) mass is 501 g/mol. The Bertz CT molecular complexity index is 1280. The molecule has 10 heteroatoms. The van der Waals surface area contributed by atoms with Crippen molar-refractivity contribution < 1.29 is 22.7 Å². The average Bonchev–Trinajstić information content (AvgIpc) is 3.43. The van der Waals surface area contributed by atoms with Gasteiger partial charge in [0.1, 0.15) is 11.9 Å². The number of amides is 1. The molecule has 2 aliphatic rings. The molecule has 2 aliphatic heterocycles. The molecule has 0 radical (unpaired) electrons. The maximum absolute atomic E-state index is 14.2. The number of nitrogens with zero attached hydrogens (tertiary/aromatic N) is 4. The van der Waals surface area contributed by atoms with Gasteiger partial charge in [0.05, 0.1) is 16.5 Å². The zero-order chi connectivity index (χ0) is 25.6. The van der Waals surface area contributed by atoms with Gasteiger partial charge in [0, 0.05) is 64.0 Å². The minimum absolute atomic E-state index is 0.00385. The van der Waals surface area contributed by atoms with Crippen LogP contribution in [0.15, 0.2) is 36.5 Å². The summed E-state index contributed by atoms with van der Waals surface area (Å²) in [4.78, 5) is 15.6. The summed E-state index contributed by atoms with van der Waals surface area (Å²) in [5, 5.41) is 8.08. The number of aromatic nitrogens is 2. The average molecular weight is 502 g/mol. The Kier molecular flexibility index (Phi) is 6.32. The predicted octanol–water partition coefficient (Wildman–Crippen LogP) is 3.91. The normalized spacial score (nSPS) is 20.1. The fourth-order valence-electron chi connectivity index (χ4n) is 5.00. The maximum atomic E-state index is 14.2. The lowest BCUT2D eigenvalue weighted by Crippen LogP contribution is -2.45. The number of anilines is 1. The first-order chi connectivity index (χ1) is 17.1. The van der Waals surface area contributed by atoms with Crippen LogP contribution in [0.1, 0.15) is 18.9 Å². The van der Waals surface area contributed by atoms with Gasteiger partial charge < -0.3 is 19.9 Å². The Hall–Kier alpha value is -3.27. The van der Waals surface area contributed by atoms with Crippen LogP contribution < -0.4 is 15.0 Å². The lowest BCUT2D eigenvalue weighted by molar-refractivity contribution is -0.137. The molecule has 0 bridgehead atoms. The highest BCUT2D eigenvalue weighted by molar-refractivity contribution is 5.90. The van der Waals surface area contributed by atoms with Crippen LogP contribution in [0.4, 0.5) is 18.9 Å². The van der Waals surface area contributed by atoms with E-state index in [4.69, 9.17) is 4.74 Å². The van der Waals surface area contributed by atoms with Crippen LogP contribution >= 0.6 is 0 Å². The van der Waals surface area contributed by atoms with E-state index < -0.39 is 11.7 Å². The quantitative estimate of drug-likeness (QED) is 0.575. The van der Waals surface area contributed by atoms with Crippen molar-refractivity contribution in [3.63, 3.8) is 0 Å². The summed E-state index contributed by atoms with van der Waals surface area (Å²) < 4.78 is 50.5. The van der Waals surface area contributed by atoms with Gasteiger partial charge in [-0.25, -0.2) is 0 Å². The van der Waals surface area contributed by atoms with Crippen LogP contribution in [0.2, 0.25) is 0 Å². The van der Waals surface area contributed by atoms with Gasteiger partial charge in [-0.3, -0.25) is 9.48 Å². The SMILES string of the molecule is CC(Oc1cc(-c2ccc(N3CCN(C)CC3)c(C(F)(F)F)c2)cc2nn(C)cc12)[C@H]1CNC(=O)C1. The highest BCUT2D eigenvalue weighted by Crippen LogP contribution is 2.41. The number of hydrogen-bond acceptors (Lipinski definition) is 5. The second-order valence-corrected chi connectivity index (χ2v) is 9.82. The van der Waals surface area contributed by atoms with E-state index >= 15 is 0 Å². The van der Waals surface area contributed by atoms with Gasteiger partial charge >= 0.3 is 6.18 Å². The van der Waals surface area contributed by atoms with Crippen LogP contribution in [-0.4, -0.2) is 66.5 Å². The van der Waals surface area contributed by atoms with E-state index in [9.17, 15) is 18.0 Å². The Morgan fingerprint density at radius 3 is 2.50 bits per heavy atom. The Balaban J connectivity index is 1.53. The fourth-order valence-corrected chi connectivity index (χ4v) is 5.00. The molecule has 1 unspecified atom stereocenters. The Morgan fingerprint density at radius 2 is 1.83 bits per heavy atom. The van der Waals surface area contributed by atoms with Crippen molar-refractivity contribution in [3.05, 3.63) is 42.1 Å². The van der Waals surface area contributed by atoms with E-state index in [1.807, 2.05) is 25.1 Å². The minimum Gasteiger partial charge on any atom is -0.490 e. The molecule has 2 aromatic carbocycles. The van der Waals surface area contributed by atoms with Crippen LogP contribution in [0.5, 0.6) is 5.75 Å². The zero-order valence-electron chi connectivity index (χ0n) is 20.6. The molecule has 1 aromatic heterocycles. The van der Waals surface area contributed by atoms with Crippen molar-refractivity contribution >= 4 is 22.5 Å². The smallest absolute Gasteiger partial charge is 0.418 e. The number of likely N-dealkylation sites (N-methyl/N-ethyl adjacent to an activating group) is 1. The Morgan fingerprint density at radius 1 is 1.08 bits per heavy atom. The first-order valence-corrected chi connectivity index (χ1v) is 12.1. The van der Waals surface area contributed by atoms with Crippen molar-refractivity contribution in [2.75, 3.05) is 44.7 Å². The molecule has 192 valence electrons. The predicted molar refractivity (Wildman–Crippen MR) is 132 cm³/mol. The fraction of sp³-hybridized carbons (Fsp3) is 0.462. The van der Waals surface area contributed by atoms with Crippen molar-refractivity contribution in [2.24, 2.45) is 13.0 Å². The van der Waals surface area contributed by atoms with Crippen molar-refractivity contribution in [1.29, 1.82) is 0 Å². The number of alkyl halides is 3. The molecule has 2 atom stereocenters. The third kappa shape index (κ3) is 4.86. The van der Waals surface area contributed by atoms with E-state index in [0.717, 1.165) is 18.5 Å². The molecule has 3 aromatic rings. The van der Waals surface area contributed by atoms with Gasteiger partial charge in [0.15, 0.2) is 0 Å². The maximum Gasteiger partial charge on any atom is 0.418 e. The largest absolute Gasteiger partial charge is 0.490 e. The summed E-state index contributed by atoms with van der Waals surface area (Å²) in [6, 6.07) is 8.10. The van der Waals surface area contributed by atoms with E-state index in [-0.39, 0.29) is 23.6 Å². The van der Waals surface area contributed by atoms with Gasteiger partial charge in [0.2, 0.25) is 5.91 Å². The first-order valence-electron chi connectivity index (χ1n) is 12.1. The first kappa shape index (κ1) is 24.4. The van der Waals surface area contributed by atoms with Gasteiger partial charge in [-0.05, 0) is 49.4 Å². The van der Waals surface area contributed by atoms with Crippen LogP contribution in [-0.2, 0) is 18.0 Å². The molecule has 2 saturated heterocycles. The van der Waals surface area contributed by atoms with E-state index in [1.165, 1.54) is 6.07 Å². The van der Waals surface area contributed by atoms with Crippen LogP contribution in [0.25, 0.3) is 22.0 Å². The molecule has 0 saturated carbocycles. The van der Waals surface area contributed by atoms with Gasteiger partial charge in [-0.2, -0.15) is 18.3 Å². The highest BCUT2D eigenvalue weighted by Gasteiger charge is 2.36. The third-order valence-electron chi connectivity index (χ3n) is 7.17. The molecule has 1 amide bonds. The molecule has 3 heterocycles. The van der Waals surface area contributed by atoms with Crippen molar-refractivity contribution in [3.8, 4) is 16.9 Å². The number of benzene rings is 2. The van der Waals surface area contributed by atoms with Crippen molar-refractivity contribution in [1.82, 2.24) is 20.0 Å². The number of halogens is 3. The lowest BCUT2D eigenvalue weighted by atomic mass is 9.99. The third-order valence-corrected chi connectivity index (χ3v) is 7.17. The number of nitrogens with one attached hydrogen (secondary N) is 1. The summed E-state index contributed by atoms with van der Waals surface area (Å²) in [6.07, 6.45) is -2.52. The number of aryl methyl sites for hydroxylation is 1. The van der Waals surface area contributed by atoms with E-state index in [0.29, 0.717) is 48.4 Å². The Labute approximate surface area is 207 Å². The molecule has 1 N–H and O–H groups in total.